The van der Waals surface area contributed by atoms with E-state index in [0.29, 0.717) is 35.6 Å². The van der Waals surface area contributed by atoms with Gasteiger partial charge in [-0.1, -0.05) is 72.3 Å². The fraction of sp³-hybridized carbons (Fsp3) is 0.250. The van der Waals surface area contributed by atoms with Gasteiger partial charge < -0.3 is 10.1 Å². The third-order valence-corrected chi connectivity index (χ3v) is 6.97. The maximum absolute atomic E-state index is 13.5. The summed E-state index contributed by atoms with van der Waals surface area (Å²) >= 11 is 6.29. The molecule has 0 saturated carbocycles. The number of nitrogens with one attached hydrogen (secondary N) is 1. The molecule has 7 heteroatoms. The Morgan fingerprint density at radius 1 is 0.971 bits per heavy atom. The first kappa shape index (κ1) is 23.3. The van der Waals surface area contributed by atoms with Crippen molar-refractivity contribution in [1.82, 2.24) is 15.1 Å². The maximum atomic E-state index is 13.5. The molecule has 4 aromatic rings. The smallest absolute Gasteiger partial charge is 0.274 e. The lowest BCUT2D eigenvalue weighted by molar-refractivity contribution is 0.0486. The predicted molar refractivity (Wildman–Crippen MR) is 137 cm³/mol. The highest BCUT2D eigenvalue weighted by Crippen LogP contribution is 2.35. The van der Waals surface area contributed by atoms with Gasteiger partial charge in [0.05, 0.1) is 11.9 Å². The van der Waals surface area contributed by atoms with E-state index in [0.717, 1.165) is 24.0 Å². The molecule has 1 saturated heterocycles. The second kappa shape index (κ2) is 10.0. The summed E-state index contributed by atoms with van der Waals surface area (Å²) < 4.78 is 6.98. The van der Waals surface area contributed by atoms with Crippen LogP contribution in [-0.2, 0) is 16.7 Å². The molecule has 5 rings (SSSR count). The van der Waals surface area contributed by atoms with Crippen molar-refractivity contribution < 1.29 is 9.53 Å². The molecule has 0 aliphatic carbocycles. The number of aromatic nitrogens is 2. The zero-order chi connectivity index (χ0) is 24.3. The van der Waals surface area contributed by atoms with E-state index in [1.165, 1.54) is 4.68 Å². The van der Waals surface area contributed by atoms with Gasteiger partial charge in [-0.25, -0.2) is 4.68 Å². The number of carbonyl (C=O) groups is 1. The normalized spacial score (nSPS) is 15.1. The standard InChI is InChI=1S/C28H26ClN3O3/c29-22-10-6-9-21(17-22)28(13-15-35-16-14-28)19-30-26(33)25-23-11-4-5-12-24(23)27(34)32(31-25)18-20-7-2-1-3-8-20/h1-12,17H,13-16,18-19H2,(H,30,33). The summed E-state index contributed by atoms with van der Waals surface area (Å²) in [5.74, 6) is -0.309. The van der Waals surface area contributed by atoms with Crippen molar-refractivity contribution in [1.29, 1.82) is 0 Å². The molecule has 0 bridgehead atoms. The number of carbonyl (C=O) groups excluding carboxylic acids is 1. The molecular weight excluding hydrogens is 462 g/mol. The number of hydrogen-bond acceptors (Lipinski definition) is 4. The van der Waals surface area contributed by atoms with Crippen LogP contribution in [0.3, 0.4) is 0 Å². The number of ether oxygens (including phenoxy) is 1. The average Bonchev–Trinajstić information content (AvgIpc) is 2.90. The SMILES string of the molecule is O=C(NCC1(c2cccc(Cl)c2)CCOCC1)c1nn(Cc2ccccc2)c(=O)c2ccccc12. The molecule has 6 nitrogen and oxygen atoms in total. The van der Waals surface area contributed by atoms with Crippen LogP contribution in [0.5, 0.6) is 0 Å². The number of amides is 1. The summed E-state index contributed by atoms with van der Waals surface area (Å²) in [5, 5.41) is 9.31. The van der Waals surface area contributed by atoms with Gasteiger partial charge in [0.1, 0.15) is 0 Å². The first-order valence-electron chi connectivity index (χ1n) is 11.7. The topological polar surface area (TPSA) is 73.2 Å². The molecule has 1 N–H and O–H groups in total. The van der Waals surface area contributed by atoms with Gasteiger partial charge in [-0.05, 0) is 42.2 Å². The fourth-order valence-electron chi connectivity index (χ4n) is 4.75. The Hall–Kier alpha value is -3.48. The van der Waals surface area contributed by atoms with Crippen molar-refractivity contribution in [3.63, 3.8) is 0 Å². The monoisotopic (exact) mass is 487 g/mol. The Morgan fingerprint density at radius 3 is 2.43 bits per heavy atom. The van der Waals surface area contributed by atoms with Crippen molar-refractivity contribution in [3.8, 4) is 0 Å². The van der Waals surface area contributed by atoms with Gasteiger partial charge in [0.15, 0.2) is 5.69 Å². The molecule has 1 fully saturated rings. The van der Waals surface area contributed by atoms with E-state index in [4.69, 9.17) is 16.3 Å². The summed E-state index contributed by atoms with van der Waals surface area (Å²) in [6, 6.07) is 24.5. The molecule has 3 aromatic carbocycles. The summed E-state index contributed by atoms with van der Waals surface area (Å²) in [6.07, 6.45) is 1.55. The van der Waals surface area contributed by atoms with Crippen LogP contribution in [0.15, 0.2) is 83.7 Å². The van der Waals surface area contributed by atoms with E-state index in [9.17, 15) is 9.59 Å². The Bertz CT molecular complexity index is 1410. The number of rotatable bonds is 6. The highest BCUT2D eigenvalue weighted by atomic mass is 35.5. The molecule has 178 valence electrons. The maximum Gasteiger partial charge on any atom is 0.274 e. The second-order valence-electron chi connectivity index (χ2n) is 8.93. The largest absolute Gasteiger partial charge is 0.381 e. The second-order valence-corrected chi connectivity index (χ2v) is 9.36. The predicted octanol–water partition coefficient (Wildman–Crippen LogP) is 4.58. The van der Waals surface area contributed by atoms with E-state index < -0.39 is 0 Å². The van der Waals surface area contributed by atoms with Crippen molar-refractivity contribution in [2.75, 3.05) is 19.8 Å². The van der Waals surface area contributed by atoms with Gasteiger partial charge in [0.25, 0.3) is 11.5 Å². The molecule has 1 aromatic heterocycles. The summed E-state index contributed by atoms with van der Waals surface area (Å²) in [6.45, 7) is 1.94. The number of halogens is 1. The Morgan fingerprint density at radius 2 is 1.69 bits per heavy atom. The zero-order valence-corrected chi connectivity index (χ0v) is 20.0. The van der Waals surface area contributed by atoms with Crippen LogP contribution in [0.2, 0.25) is 5.02 Å². The number of hydrogen-bond donors (Lipinski definition) is 1. The van der Waals surface area contributed by atoms with Gasteiger partial charge in [0, 0.05) is 35.6 Å². The van der Waals surface area contributed by atoms with E-state index >= 15 is 0 Å². The van der Waals surface area contributed by atoms with Crippen LogP contribution >= 0.6 is 11.6 Å². The van der Waals surface area contributed by atoms with Crippen molar-refractivity contribution >= 4 is 28.3 Å². The third-order valence-electron chi connectivity index (χ3n) is 6.73. The van der Waals surface area contributed by atoms with Gasteiger partial charge in [-0.2, -0.15) is 5.10 Å². The van der Waals surface area contributed by atoms with Crippen LogP contribution < -0.4 is 10.9 Å². The van der Waals surface area contributed by atoms with Crippen molar-refractivity contribution in [2.24, 2.45) is 0 Å². The average molecular weight is 488 g/mol. The fourth-order valence-corrected chi connectivity index (χ4v) is 4.94. The van der Waals surface area contributed by atoms with Crippen LogP contribution in [-0.4, -0.2) is 35.4 Å². The van der Waals surface area contributed by atoms with Crippen LogP contribution in [0, 0.1) is 0 Å². The summed E-state index contributed by atoms with van der Waals surface area (Å²) in [7, 11) is 0. The Labute approximate surface area is 208 Å². The van der Waals surface area contributed by atoms with Gasteiger partial charge in [-0.15, -0.1) is 0 Å². The molecular formula is C28H26ClN3O3. The van der Waals surface area contributed by atoms with Crippen LogP contribution in [0.25, 0.3) is 10.8 Å². The highest BCUT2D eigenvalue weighted by Gasteiger charge is 2.35. The first-order chi connectivity index (χ1) is 17.1. The minimum absolute atomic E-state index is 0.221. The van der Waals surface area contributed by atoms with E-state index in [1.807, 2.05) is 54.6 Å². The molecule has 1 amide bonds. The molecule has 0 spiro atoms. The van der Waals surface area contributed by atoms with Gasteiger partial charge >= 0.3 is 0 Å². The summed E-state index contributed by atoms with van der Waals surface area (Å²) in [4.78, 5) is 26.6. The minimum atomic E-state index is -0.309. The van der Waals surface area contributed by atoms with Crippen molar-refractivity contribution in [2.45, 2.75) is 24.8 Å². The molecule has 2 heterocycles. The highest BCUT2D eigenvalue weighted by molar-refractivity contribution is 6.30. The Kier molecular flexibility index (Phi) is 6.66. The van der Waals surface area contributed by atoms with Crippen LogP contribution in [0.4, 0.5) is 0 Å². The van der Waals surface area contributed by atoms with Crippen molar-refractivity contribution in [3.05, 3.63) is 111 Å². The molecule has 0 radical (unpaired) electrons. The molecule has 1 aliphatic rings. The van der Waals surface area contributed by atoms with E-state index in [2.05, 4.69) is 16.5 Å². The minimum Gasteiger partial charge on any atom is -0.381 e. The number of fused-ring (bicyclic) bond motifs is 1. The third kappa shape index (κ3) is 4.85. The Balaban J connectivity index is 1.48. The lowest BCUT2D eigenvalue weighted by Gasteiger charge is -2.38. The lowest BCUT2D eigenvalue weighted by Crippen LogP contribution is -2.45. The van der Waals surface area contributed by atoms with Gasteiger partial charge in [0.2, 0.25) is 0 Å². The van der Waals surface area contributed by atoms with Crippen LogP contribution in [0.1, 0.15) is 34.5 Å². The van der Waals surface area contributed by atoms with E-state index in [1.54, 1.807) is 18.2 Å². The zero-order valence-electron chi connectivity index (χ0n) is 19.2. The lowest BCUT2D eigenvalue weighted by atomic mass is 9.74. The number of benzene rings is 3. The quantitative estimate of drug-likeness (QED) is 0.432. The molecule has 0 atom stereocenters. The molecule has 1 aliphatic heterocycles. The molecule has 35 heavy (non-hydrogen) atoms. The first-order valence-corrected chi connectivity index (χ1v) is 12.1. The van der Waals surface area contributed by atoms with E-state index in [-0.39, 0.29) is 29.1 Å². The number of nitrogens with zero attached hydrogens (tertiary/aromatic N) is 2. The summed E-state index contributed by atoms with van der Waals surface area (Å²) in [5.41, 5.74) is 1.75. The van der Waals surface area contributed by atoms with Gasteiger partial charge in [-0.3, -0.25) is 9.59 Å². The molecule has 0 unspecified atom stereocenters.